The summed E-state index contributed by atoms with van der Waals surface area (Å²) in [5.74, 6) is 0.351. The molecule has 0 fully saturated rings. The van der Waals surface area contributed by atoms with E-state index in [2.05, 4.69) is 12.2 Å². The van der Waals surface area contributed by atoms with E-state index in [9.17, 15) is 10.1 Å². The number of nitro benzene ring substituents is 1. The van der Waals surface area contributed by atoms with Crippen molar-refractivity contribution in [2.45, 2.75) is 59.2 Å². The first-order valence-electron chi connectivity index (χ1n) is 7.11. The minimum absolute atomic E-state index is 0.0154. The summed E-state index contributed by atoms with van der Waals surface area (Å²) in [6, 6.07) is 5.50. The molecule has 0 saturated carbocycles. The van der Waals surface area contributed by atoms with Gasteiger partial charge in [-0.25, -0.2) is 0 Å². The molecule has 5 nitrogen and oxygen atoms in total. The highest BCUT2D eigenvalue weighted by molar-refractivity contribution is 5.48. The topological polar surface area (TPSA) is 64.4 Å². The Bertz CT molecular complexity index is 447. The molecule has 1 rings (SSSR count). The van der Waals surface area contributed by atoms with Crippen LogP contribution < -0.4 is 10.1 Å². The normalized spacial score (nSPS) is 12.4. The average Bonchev–Trinajstić information content (AvgIpc) is 2.37. The Kier molecular flexibility index (Phi) is 6.45. The van der Waals surface area contributed by atoms with E-state index in [0.29, 0.717) is 18.3 Å². The Morgan fingerprint density at radius 2 is 2.05 bits per heavy atom. The molecule has 0 heterocycles. The fraction of sp³-hybridized carbons (Fsp3) is 0.600. The van der Waals surface area contributed by atoms with Crippen molar-refractivity contribution >= 4 is 5.69 Å². The Labute approximate surface area is 120 Å². The van der Waals surface area contributed by atoms with E-state index in [1.165, 1.54) is 0 Å². The molecule has 0 spiro atoms. The van der Waals surface area contributed by atoms with Crippen LogP contribution in [0.2, 0.25) is 0 Å². The second-order valence-corrected chi connectivity index (χ2v) is 5.31. The summed E-state index contributed by atoms with van der Waals surface area (Å²) in [7, 11) is 0. The molecular weight excluding hydrogens is 256 g/mol. The van der Waals surface area contributed by atoms with E-state index < -0.39 is 0 Å². The Morgan fingerprint density at radius 1 is 1.35 bits per heavy atom. The molecule has 0 radical (unpaired) electrons. The lowest BCUT2D eigenvalue weighted by Crippen LogP contribution is -2.21. The monoisotopic (exact) mass is 280 g/mol. The van der Waals surface area contributed by atoms with Crippen LogP contribution in [-0.2, 0) is 6.54 Å². The van der Waals surface area contributed by atoms with Crippen LogP contribution >= 0.6 is 0 Å². The fourth-order valence-corrected chi connectivity index (χ4v) is 1.92. The predicted molar refractivity (Wildman–Crippen MR) is 80.1 cm³/mol. The minimum atomic E-state index is -0.382. The van der Waals surface area contributed by atoms with Gasteiger partial charge >= 0.3 is 5.69 Å². The number of nitrogens with one attached hydrogen (secondary N) is 1. The Morgan fingerprint density at radius 3 is 2.60 bits per heavy atom. The maximum Gasteiger partial charge on any atom is 0.311 e. The second kappa shape index (κ2) is 7.85. The third kappa shape index (κ3) is 5.17. The second-order valence-electron chi connectivity index (χ2n) is 5.31. The van der Waals surface area contributed by atoms with E-state index >= 15 is 0 Å². The van der Waals surface area contributed by atoms with Gasteiger partial charge in [0, 0.05) is 18.7 Å². The molecule has 0 amide bonds. The first-order valence-corrected chi connectivity index (χ1v) is 7.11. The molecule has 1 unspecified atom stereocenters. The van der Waals surface area contributed by atoms with Crippen molar-refractivity contribution in [3.63, 3.8) is 0 Å². The van der Waals surface area contributed by atoms with Gasteiger partial charge in [0.2, 0.25) is 0 Å². The summed E-state index contributed by atoms with van der Waals surface area (Å²) in [4.78, 5) is 10.8. The summed E-state index contributed by atoms with van der Waals surface area (Å²) >= 11 is 0. The molecule has 1 aromatic rings. The highest BCUT2D eigenvalue weighted by Gasteiger charge is 2.18. The molecule has 0 aliphatic heterocycles. The molecule has 1 aromatic carbocycles. The number of hydrogen-bond acceptors (Lipinski definition) is 4. The summed E-state index contributed by atoms with van der Waals surface area (Å²) in [6.07, 6.45) is 1.86. The van der Waals surface area contributed by atoms with Crippen LogP contribution in [0.4, 0.5) is 5.69 Å². The molecule has 0 aliphatic carbocycles. The minimum Gasteiger partial charge on any atom is -0.484 e. The summed E-state index contributed by atoms with van der Waals surface area (Å²) in [5, 5.41) is 14.4. The van der Waals surface area contributed by atoms with Gasteiger partial charge in [-0.05, 0) is 25.0 Å². The van der Waals surface area contributed by atoms with Crippen molar-refractivity contribution in [1.29, 1.82) is 0 Å². The first kappa shape index (κ1) is 16.4. The van der Waals surface area contributed by atoms with E-state index in [0.717, 1.165) is 18.4 Å². The van der Waals surface area contributed by atoms with Gasteiger partial charge in [0.15, 0.2) is 5.75 Å². The third-order valence-corrected chi connectivity index (χ3v) is 2.96. The van der Waals surface area contributed by atoms with Crippen molar-refractivity contribution in [2.24, 2.45) is 0 Å². The number of nitrogens with zero attached hydrogens (tertiary/aromatic N) is 1. The lowest BCUT2D eigenvalue weighted by Gasteiger charge is -2.14. The van der Waals surface area contributed by atoms with Gasteiger partial charge in [-0.1, -0.05) is 33.3 Å². The highest BCUT2D eigenvalue weighted by Crippen LogP contribution is 2.29. The standard InChI is InChI=1S/C15H24N2O3/c1-5-6-12(4)20-15-8-7-13(10-16-11(2)3)9-14(15)17(18)19/h7-9,11-12,16H,5-6,10H2,1-4H3. The molecule has 5 heteroatoms. The van der Waals surface area contributed by atoms with Crippen LogP contribution in [0.25, 0.3) is 0 Å². The fourth-order valence-electron chi connectivity index (χ4n) is 1.92. The number of ether oxygens (including phenoxy) is 1. The third-order valence-electron chi connectivity index (χ3n) is 2.96. The van der Waals surface area contributed by atoms with Crippen LogP contribution in [0.15, 0.2) is 18.2 Å². The van der Waals surface area contributed by atoms with Crippen molar-refractivity contribution in [3.8, 4) is 5.75 Å². The van der Waals surface area contributed by atoms with Crippen LogP contribution in [-0.4, -0.2) is 17.1 Å². The van der Waals surface area contributed by atoms with Gasteiger partial charge in [0.1, 0.15) is 0 Å². The first-order chi connectivity index (χ1) is 9.43. The zero-order chi connectivity index (χ0) is 15.1. The number of benzene rings is 1. The lowest BCUT2D eigenvalue weighted by atomic mass is 10.1. The molecule has 20 heavy (non-hydrogen) atoms. The Balaban J connectivity index is 2.87. The molecule has 0 aromatic heterocycles. The maximum absolute atomic E-state index is 11.2. The molecule has 0 aliphatic rings. The van der Waals surface area contributed by atoms with E-state index in [1.54, 1.807) is 12.1 Å². The van der Waals surface area contributed by atoms with Crippen LogP contribution in [0.1, 0.15) is 46.1 Å². The Hall–Kier alpha value is -1.62. The smallest absolute Gasteiger partial charge is 0.311 e. The molecule has 1 N–H and O–H groups in total. The molecule has 1 atom stereocenters. The summed E-state index contributed by atoms with van der Waals surface area (Å²) in [6.45, 7) is 8.69. The van der Waals surface area contributed by atoms with Crippen molar-refractivity contribution in [2.75, 3.05) is 0 Å². The number of rotatable bonds is 8. The SMILES string of the molecule is CCCC(C)Oc1ccc(CNC(C)C)cc1[N+](=O)[O-]. The van der Waals surface area contributed by atoms with E-state index in [-0.39, 0.29) is 16.7 Å². The zero-order valence-electron chi connectivity index (χ0n) is 12.7. The van der Waals surface area contributed by atoms with Gasteiger partial charge in [-0.15, -0.1) is 0 Å². The van der Waals surface area contributed by atoms with Gasteiger partial charge in [0.05, 0.1) is 11.0 Å². The van der Waals surface area contributed by atoms with Gasteiger partial charge in [-0.2, -0.15) is 0 Å². The van der Waals surface area contributed by atoms with Crippen LogP contribution in [0.5, 0.6) is 5.75 Å². The predicted octanol–water partition coefficient (Wildman–Crippen LogP) is 3.66. The van der Waals surface area contributed by atoms with Gasteiger partial charge in [-0.3, -0.25) is 10.1 Å². The van der Waals surface area contributed by atoms with Gasteiger partial charge < -0.3 is 10.1 Å². The molecule has 0 saturated heterocycles. The lowest BCUT2D eigenvalue weighted by molar-refractivity contribution is -0.386. The van der Waals surface area contributed by atoms with Crippen molar-refractivity contribution < 1.29 is 9.66 Å². The quantitative estimate of drug-likeness (QED) is 0.583. The summed E-state index contributed by atoms with van der Waals surface area (Å²) in [5.41, 5.74) is 0.928. The van der Waals surface area contributed by atoms with Crippen molar-refractivity contribution in [3.05, 3.63) is 33.9 Å². The van der Waals surface area contributed by atoms with Crippen LogP contribution in [0.3, 0.4) is 0 Å². The molecule has 0 bridgehead atoms. The number of nitro groups is 1. The highest BCUT2D eigenvalue weighted by atomic mass is 16.6. The number of hydrogen-bond donors (Lipinski definition) is 1. The summed E-state index contributed by atoms with van der Waals surface area (Å²) < 4.78 is 5.67. The average molecular weight is 280 g/mol. The molecular formula is C15H24N2O3. The van der Waals surface area contributed by atoms with Crippen molar-refractivity contribution in [1.82, 2.24) is 5.32 Å². The maximum atomic E-state index is 11.2. The molecule has 112 valence electrons. The largest absolute Gasteiger partial charge is 0.484 e. The zero-order valence-corrected chi connectivity index (χ0v) is 12.7. The van der Waals surface area contributed by atoms with Gasteiger partial charge in [0.25, 0.3) is 0 Å². The van der Waals surface area contributed by atoms with E-state index in [1.807, 2.05) is 26.8 Å². The van der Waals surface area contributed by atoms with E-state index in [4.69, 9.17) is 4.74 Å². The van der Waals surface area contributed by atoms with Crippen LogP contribution in [0, 0.1) is 10.1 Å².